The molecule has 1 unspecified atom stereocenters. The maximum Gasteiger partial charge on any atom is 0.256 e. The monoisotopic (exact) mass is 322 g/mol. The number of carbonyl (C=O) groups is 2. The molecule has 2 aromatic carbocycles. The second-order valence-corrected chi connectivity index (χ2v) is 6.20. The van der Waals surface area contributed by atoms with E-state index in [4.69, 9.17) is 0 Å². The zero-order valence-electron chi connectivity index (χ0n) is 14.3. The highest BCUT2D eigenvalue weighted by molar-refractivity contribution is 6.23. The van der Waals surface area contributed by atoms with E-state index in [-0.39, 0.29) is 18.2 Å². The molecule has 1 N–H and O–H groups in total. The average molecular weight is 322 g/mol. The largest absolute Gasteiger partial charge is 0.373 e. The minimum absolute atomic E-state index is 0.149. The van der Waals surface area contributed by atoms with Gasteiger partial charge in [-0.1, -0.05) is 37.3 Å². The highest BCUT2D eigenvalue weighted by Gasteiger charge is 2.40. The number of rotatable bonds is 4. The summed E-state index contributed by atoms with van der Waals surface area (Å²) in [5, 5.41) is 3.26. The molecule has 0 saturated carbocycles. The minimum Gasteiger partial charge on any atom is -0.373 e. The van der Waals surface area contributed by atoms with Crippen LogP contribution in [0, 0.1) is 13.8 Å². The Bertz CT molecular complexity index is 798. The molecule has 0 aliphatic carbocycles. The quantitative estimate of drug-likeness (QED) is 0.875. The second-order valence-electron chi connectivity index (χ2n) is 6.20. The third kappa shape index (κ3) is 2.80. The fourth-order valence-corrected chi connectivity index (χ4v) is 3.12. The van der Waals surface area contributed by atoms with Crippen LogP contribution < -0.4 is 10.2 Å². The summed E-state index contributed by atoms with van der Waals surface area (Å²) in [5.74, 6) is -0.328. The molecule has 0 aromatic heterocycles. The molecule has 1 fully saturated rings. The SMILES string of the molecule is CCc1ccccc1N1C(=O)CC(Nc2cccc(C)c2C)C1=O. The first-order chi connectivity index (χ1) is 11.5. The molecule has 24 heavy (non-hydrogen) atoms. The molecule has 2 aromatic rings. The summed E-state index contributed by atoms with van der Waals surface area (Å²) in [5.41, 5.74) is 4.88. The van der Waals surface area contributed by atoms with Crippen LogP contribution in [0.1, 0.15) is 30.0 Å². The van der Waals surface area contributed by atoms with Crippen molar-refractivity contribution in [3.63, 3.8) is 0 Å². The van der Waals surface area contributed by atoms with Gasteiger partial charge in [-0.3, -0.25) is 9.59 Å². The first kappa shape index (κ1) is 16.2. The van der Waals surface area contributed by atoms with Gasteiger partial charge in [-0.05, 0) is 49.1 Å². The molecule has 1 aliphatic rings. The van der Waals surface area contributed by atoms with Crippen LogP contribution in [0.25, 0.3) is 0 Å². The molecule has 1 atom stereocenters. The van der Waals surface area contributed by atoms with E-state index in [2.05, 4.69) is 5.32 Å². The Morgan fingerprint density at radius 1 is 1.08 bits per heavy atom. The summed E-state index contributed by atoms with van der Waals surface area (Å²) in [4.78, 5) is 26.6. The highest BCUT2D eigenvalue weighted by Crippen LogP contribution is 2.29. The average Bonchev–Trinajstić information content (AvgIpc) is 2.85. The molecule has 1 heterocycles. The Balaban J connectivity index is 1.88. The number of amides is 2. The van der Waals surface area contributed by atoms with E-state index >= 15 is 0 Å². The summed E-state index contributed by atoms with van der Waals surface area (Å²) >= 11 is 0. The van der Waals surface area contributed by atoms with E-state index in [1.54, 1.807) is 0 Å². The lowest BCUT2D eigenvalue weighted by molar-refractivity contribution is -0.121. The lowest BCUT2D eigenvalue weighted by atomic mass is 10.1. The molecule has 3 rings (SSSR count). The zero-order valence-corrected chi connectivity index (χ0v) is 14.3. The van der Waals surface area contributed by atoms with Crippen molar-refractivity contribution in [2.75, 3.05) is 10.2 Å². The van der Waals surface area contributed by atoms with Crippen molar-refractivity contribution in [3.05, 3.63) is 59.2 Å². The van der Waals surface area contributed by atoms with E-state index in [1.165, 1.54) is 4.90 Å². The van der Waals surface area contributed by atoms with Gasteiger partial charge in [0.1, 0.15) is 6.04 Å². The summed E-state index contributed by atoms with van der Waals surface area (Å²) in [6.07, 6.45) is 0.965. The number of aryl methyl sites for hydroxylation is 2. The van der Waals surface area contributed by atoms with Crippen LogP contribution in [0.2, 0.25) is 0 Å². The number of carbonyl (C=O) groups excluding carboxylic acids is 2. The molecule has 1 aliphatic heterocycles. The predicted octanol–water partition coefficient (Wildman–Crippen LogP) is 3.61. The molecule has 0 spiro atoms. The summed E-state index contributed by atoms with van der Waals surface area (Å²) in [7, 11) is 0. The standard InChI is InChI=1S/C20H22N2O2/c1-4-15-9-5-6-11-18(15)22-19(23)12-17(20(22)24)21-16-10-7-8-13(2)14(16)3/h5-11,17,21H,4,12H2,1-3H3. The molecule has 0 radical (unpaired) electrons. The number of para-hydroxylation sites is 1. The Hall–Kier alpha value is -2.62. The minimum atomic E-state index is -0.511. The first-order valence-corrected chi connectivity index (χ1v) is 8.30. The Morgan fingerprint density at radius 3 is 2.58 bits per heavy atom. The fraction of sp³-hybridized carbons (Fsp3) is 0.300. The van der Waals surface area contributed by atoms with Gasteiger partial charge in [0.2, 0.25) is 5.91 Å². The van der Waals surface area contributed by atoms with Gasteiger partial charge in [0.15, 0.2) is 0 Å². The van der Waals surface area contributed by atoms with Crippen molar-refractivity contribution in [1.29, 1.82) is 0 Å². The summed E-state index contributed by atoms with van der Waals surface area (Å²) < 4.78 is 0. The lowest BCUT2D eigenvalue weighted by Crippen LogP contribution is -2.35. The van der Waals surface area contributed by atoms with E-state index in [1.807, 2.05) is 63.2 Å². The van der Waals surface area contributed by atoms with Gasteiger partial charge in [-0.2, -0.15) is 0 Å². The number of nitrogens with one attached hydrogen (secondary N) is 1. The summed E-state index contributed by atoms with van der Waals surface area (Å²) in [6.45, 7) is 6.07. The molecule has 2 amide bonds. The van der Waals surface area contributed by atoms with E-state index in [0.717, 1.165) is 28.8 Å². The van der Waals surface area contributed by atoms with Gasteiger partial charge in [-0.25, -0.2) is 4.90 Å². The molecule has 4 heteroatoms. The Kier molecular flexibility index (Phi) is 4.38. The van der Waals surface area contributed by atoms with Crippen molar-refractivity contribution in [2.45, 2.75) is 39.7 Å². The number of hydrogen-bond acceptors (Lipinski definition) is 3. The van der Waals surface area contributed by atoms with Crippen LogP contribution in [0.5, 0.6) is 0 Å². The third-order valence-corrected chi connectivity index (χ3v) is 4.69. The van der Waals surface area contributed by atoms with Crippen molar-refractivity contribution < 1.29 is 9.59 Å². The smallest absolute Gasteiger partial charge is 0.256 e. The van der Waals surface area contributed by atoms with Crippen LogP contribution in [0.15, 0.2) is 42.5 Å². The number of anilines is 2. The number of nitrogens with zero attached hydrogens (tertiary/aromatic N) is 1. The Labute approximate surface area is 142 Å². The summed E-state index contributed by atoms with van der Waals surface area (Å²) in [6, 6.07) is 13.0. The number of hydrogen-bond donors (Lipinski definition) is 1. The molecule has 1 saturated heterocycles. The highest BCUT2D eigenvalue weighted by atomic mass is 16.2. The van der Waals surface area contributed by atoms with E-state index in [9.17, 15) is 9.59 Å². The predicted molar refractivity (Wildman–Crippen MR) is 96.3 cm³/mol. The second kappa shape index (κ2) is 6.48. The molecular weight excluding hydrogens is 300 g/mol. The van der Waals surface area contributed by atoms with Gasteiger partial charge < -0.3 is 5.32 Å². The number of imide groups is 1. The van der Waals surface area contributed by atoms with Crippen molar-refractivity contribution in [2.24, 2.45) is 0 Å². The van der Waals surface area contributed by atoms with Gasteiger partial charge >= 0.3 is 0 Å². The maximum absolute atomic E-state index is 12.8. The fourth-order valence-electron chi connectivity index (χ4n) is 3.12. The van der Waals surface area contributed by atoms with Gasteiger partial charge in [0.25, 0.3) is 5.91 Å². The van der Waals surface area contributed by atoms with Crippen molar-refractivity contribution in [3.8, 4) is 0 Å². The van der Waals surface area contributed by atoms with E-state index in [0.29, 0.717) is 5.69 Å². The topological polar surface area (TPSA) is 49.4 Å². The normalized spacial score (nSPS) is 17.5. The third-order valence-electron chi connectivity index (χ3n) is 4.69. The maximum atomic E-state index is 12.8. The van der Waals surface area contributed by atoms with Gasteiger partial charge in [0.05, 0.1) is 12.1 Å². The van der Waals surface area contributed by atoms with Crippen LogP contribution >= 0.6 is 0 Å². The zero-order chi connectivity index (χ0) is 17.3. The molecule has 124 valence electrons. The van der Waals surface area contributed by atoms with Crippen molar-refractivity contribution >= 4 is 23.2 Å². The number of benzene rings is 2. The van der Waals surface area contributed by atoms with Crippen LogP contribution in [-0.4, -0.2) is 17.9 Å². The lowest BCUT2D eigenvalue weighted by Gasteiger charge is -2.19. The molecule has 4 nitrogen and oxygen atoms in total. The van der Waals surface area contributed by atoms with Crippen LogP contribution in [0.4, 0.5) is 11.4 Å². The Morgan fingerprint density at radius 2 is 1.83 bits per heavy atom. The van der Waals surface area contributed by atoms with Crippen LogP contribution in [-0.2, 0) is 16.0 Å². The van der Waals surface area contributed by atoms with Crippen molar-refractivity contribution in [1.82, 2.24) is 0 Å². The molecular formula is C20H22N2O2. The molecule has 0 bridgehead atoms. The first-order valence-electron chi connectivity index (χ1n) is 8.30. The van der Waals surface area contributed by atoms with Gasteiger partial charge in [-0.15, -0.1) is 0 Å². The van der Waals surface area contributed by atoms with Crippen LogP contribution in [0.3, 0.4) is 0 Å². The van der Waals surface area contributed by atoms with E-state index < -0.39 is 6.04 Å². The van der Waals surface area contributed by atoms with Gasteiger partial charge in [0, 0.05) is 5.69 Å².